The van der Waals surface area contributed by atoms with Gasteiger partial charge in [-0.1, -0.05) is 41.4 Å². The number of carbonyl (C=O) groups excluding carboxylic acids is 1. The van der Waals surface area contributed by atoms with Gasteiger partial charge in [0.1, 0.15) is 11.5 Å². The van der Waals surface area contributed by atoms with Crippen molar-refractivity contribution in [3.05, 3.63) is 64.1 Å². The first-order chi connectivity index (χ1) is 13.4. The molecule has 3 aromatic rings. The van der Waals surface area contributed by atoms with Gasteiger partial charge in [0.15, 0.2) is 5.75 Å². The molecule has 0 aliphatic rings. The molecular formula is C22H21Cl2NO3. The van der Waals surface area contributed by atoms with E-state index in [1.807, 2.05) is 44.2 Å². The molecule has 0 aliphatic heterocycles. The Morgan fingerprint density at radius 1 is 1.00 bits per heavy atom. The molecule has 0 aliphatic carbocycles. The molecule has 1 N–H and O–H groups in total. The predicted molar refractivity (Wildman–Crippen MR) is 114 cm³/mol. The summed E-state index contributed by atoms with van der Waals surface area (Å²) in [5, 5.41) is 5.79. The zero-order valence-electron chi connectivity index (χ0n) is 15.9. The molecule has 0 spiro atoms. The van der Waals surface area contributed by atoms with E-state index in [1.165, 1.54) is 6.92 Å². The summed E-state index contributed by atoms with van der Waals surface area (Å²) in [6.45, 7) is 5.82. The molecule has 0 aromatic heterocycles. The SMILES string of the molecule is CCOc1c(Cl)cc(Oc2ccc3cc(C(C)NC(C)=O)ccc3c2)cc1Cl. The second kappa shape index (κ2) is 8.72. The Hall–Kier alpha value is -2.43. The van der Waals surface area contributed by atoms with Crippen molar-refractivity contribution in [2.45, 2.75) is 26.8 Å². The van der Waals surface area contributed by atoms with Gasteiger partial charge in [0.05, 0.1) is 22.7 Å². The van der Waals surface area contributed by atoms with Gasteiger partial charge in [-0.2, -0.15) is 0 Å². The minimum atomic E-state index is -0.0518. The molecule has 0 saturated carbocycles. The minimum Gasteiger partial charge on any atom is -0.491 e. The van der Waals surface area contributed by atoms with Crippen LogP contribution in [-0.2, 0) is 4.79 Å². The molecule has 4 nitrogen and oxygen atoms in total. The normalized spacial score (nSPS) is 11.9. The van der Waals surface area contributed by atoms with Crippen LogP contribution in [0.1, 0.15) is 32.4 Å². The molecule has 1 amide bonds. The molecule has 1 unspecified atom stereocenters. The molecule has 0 heterocycles. The second-order valence-corrected chi connectivity index (χ2v) is 7.26. The number of rotatable bonds is 6. The Labute approximate surface area is 174 Å². The first-order valence-electron chi connectivity index (χ1n) is 8.98. The van der Waals surface area contributed by atoms with E-state index in [1.54, 1.807) is 12.1 Å². The fourth-order valence-electron chi connectivity index (χ4n) is 2.98. The fourth-order valence-corrected chi connectivity index (χ4v) is 3.55. The lowest BCUT2D eigenvalue weighted by Gasteiger charge is -2.14. The molecule has 0 bridgehead atoms. The summed E-state index contributed by atoms with van der Waals surface area (Å²) in [5.41, 5.74) is 1.04. The Morgan fingerprint density at radius 3 is 2.29 bits per heavy atom. The Balaban J connectivity index is 1.84. The summed E-state index contributed by atoms with van der Waals surface area (Å²) in [5.74, 6) is 1.61. The van der Waals surface area contributed by atoms with Gasteiger partial charge in [-0.25, -0.2) is 0 Å². The van der Waals surface area contributed by atoms with Crippen LogP contribution < -0.4 is 14.8 Å². The molecule has 0 fully saturated rings. The summed E-state index contributed by atoms with van der Waals surface area (Å²) in [4.78, 5) is 11.3. The second-order valence-electron chi connectivity index (χ2n) is 6.44. The van der Waals surface area contributed by atoms with E-state index in [0.29, 0.717) is 33.9 Å². The van der Waals surface area contributed by atoms with Gasteiger partial charge in [0.2, 0.25) is 5.91 Å². The average molecular weight is 418 g/mol. The predicted octanol–water partition coefficient (Wildman–Crippen LogP) is 6.53. The summed E-state index contributed by atoms with van der Waals surface area (Å²) in [7, 11) is 0. The fraction of sp³-hybridized carbons (Fsp3) is 0.227. The maximum absolute atomic E-state index is 11.3. The van der Waals surface area contributed by atoms with Crippen molar-refractivity contribution in [3.63, 3.8) is 0 Å². The molecule has 28 heavy (non-hydrogen) atoms. The summed E-state index contributed by atoms with van der Waals surface area (Å²) < 4.78 is 11.4. The van der Waals surface area contributed by atoms with Crippen LogP contribution in [0, 0.1) is 0 Å². The van der Waals surface area contributed by atoms with Crippen LogP contribution in [0.4, 0.5) is 0 Å². The van der Waals surface area contributed by atoms with Crippen LogP contribution in [0.5, 0.6) is 17.2 Å². The van der Waals surface area contributed by atoms with Crippen molar-refractivity contribution in [3.8, 4) is 17.2 Å². The molecule has 146 valence electrons. The number of carbonyl (C=O) groups is 1. The van der Waals surface area contributed by atoms with E-state index in [-0.39, 0.29) is 11.9 Å². The molecule has 0 radical (unpaired) electrons. The van der Waals surface area contributed by atoms with Crippen LogP contribution in [0.3, 0.4) is 0 Å². The Bertz CT molecular complexity index is 997. The summed E-state index contributed by atoms with van der Waals surface area (Å²) in [6.07, 6.45) is 0. The number of hydrogen-bond acceptors (Lipinski definition) is 3. The lowest BCUT2D eigenvalue weighted by Crippen LogP contribution is -2.23. The molecule has 6 heteroatoms. The zero-order chi connectivity index (χ0) is 20.3. The standard InChI is InChI=1S/C22H21Cl2NO3/c1-4-27-22-20(23)11-19(12-21(22)24)28-18-8-7-16-9-15(5-6-17(16)10-18)13(2)25-14(3)26/h5-13H,4H2,1-3H3,(H,25,26). The van der Waals surface area contributed by atoms with Crippen molar-refractivity contribution in [2.75, 3.05) is 6.61 Å². The highest BCUT2D eigenvalue weighted by Crippen LogP contribution is 2.38. The van der Waals surface area contributed by atoms with Crippen LogP contribution in [0.15, 0.2) is 48.5 Å². The topological polar surface area (TPSA) is 47.6 Å². The summed E-state index contributed by atoms with van der Waals surface area (Å²) >= 11 is 12.5. The number of nitrogens with one attached hydrogen (secondary N) is 1. The number of ether oxygens (including phenoxy) is 2. The van der Waals surface area contributed by atoms with Gasteiger partial charge >= 0.3 is 0 Å². The van der Waals surface area contributed by atoms with Gasteiger partial charge < -0.3 is 14.8 Å². The smallest absolute Gasteiger partial charge is 0.217 e. The number of fused-ring (bicyclic) bond motifs is 1. The number of hydrogen-bond donors (Lipinski definition) is 1. The van der Waals surface area contributed by atoms with Crippen LogP contribution >= 0.6 is 23.2 Å². The van der Waals surface area contributed by atoms with E-state index >= 15 is 0 Å². The molecule has 3 aromatic carbocycles. The highest BCUT2D eigenvalue weighted by molar-refractivity contribution is 6.37. The van der Waals surface area contributed by atoms with E-state index in [0.717, 1.165) is 16.3 Å². The first-order valence-corrected chi connectivity index (χ1v) is 9.73. The van der Waals surface area contributed by atoms with Crippen LogP contribution in [0.25, 0.3) is 10.8 Å². The molecule has 1 atom stereocenters. The monoisotopic (exact) mass is 417 g/mol. The largest absolute Gasteiger partial charge is 0.491 e. The molecular weight excluding hydrogens is 397 g/mol. The van der Waals surface area contributed by atoms with Crippen molar-refractivity contribution in [2.24, 2.45) is 0 Å². The minimum absolute atomic E-state index is 0.0500. The van der Waals surface area contributed by atoms with Gasteiger partial charge in [-0.3, -0.25) is 4.79 Å². The Kier molecular flexibility index (Phi) is 6.32. The number of halogens is 2. The van der Waals surface area contributed by atoms with Gasteiger partial charge in [-0.05, 0) is 48.4 Å². The molecule has 0 saturated heterocycles. The highest BCUT2D eigenvalue weighted by Gasteiger charge is 2.12. The highest BCUT2D eigenvalue weighted by atomic mass is 35.5. The number of benzene rings is 3. The van der Waals surface area contributed by atoms with Gasteiger partial charge in [0.25, 0.3) is 0 Å². The van der Waals surface area contributed by atoms with Crippen LogP contribution in [0.2, 0.25) is 10.0 Å². The van der Waals surface area contributed by atoms with E-state index < -0.39 is 0 Å². The van der Waals surface area contributed by atoms with E-state index in [4.69, 9.17) is 32.7 Å². The average Bonchev–Trinajstić information content (AvgIpc) is 2.63. The molecule has 3 rings (SSSR count). The maximum Gasteiger partial charge on any atom is 0.217 e. The van der Waals surface area contributed by atoms with Gasteiger partial charge in [0, 0.05) is 19.1 Å². The zero-order valence-corrected chi connectivity index (χ0v) is 17.4. The van der Waals surface area contributed by atoms with Crippen molar-refractivity contribution in [1.82, 2.24) is 5.32 Å². The van der Waals surface area contributed by atoms with Crippen molar-refractivity contribution in [1.29, 1.82) is 0 Å². The van der Waals surface area contributed by atoms with E-state index in [9.17, 15) is 4.79 Å². The Morgan fingerprint density at radius 2 is 1.64 bits per heavy atom. The van der Waals surface area contributed by atoms with E-state index in [2.05, 4.69) is 11.4 Å². The van der Waals surface area contributed by atoms with Crippen LogP contribution in [-0.4, -0.2) is 12.5 Å². The quantitative estimate of drug-likeness (QED) is 0.495. The van der Waals surface area contributed by atoms with Crippen molar-refractivity contribution < 1.29 is 14.3 Å². The lowest BCUT2D eigenvalue weighted by molar-refractivity contribution is -0.119. The third-order valence-electron chi connectivity index (χ3n) is 4.25. The maximum atomic E-state index is 11.3. The first kappa shape index (κ1) is 20.3. The number of amides is 1. The third-order valence-corrected chi connectivity index (χ3v) is 4.81. The lowest BCUT2D eigenvalue weighted by atomic mass is 10.0. The van der Waals surface area contributed by atoms with Crippen molar-refractivity contribution >= 4 is 39.9 Å². The summed E-state index contributed by atoms with van der Waals surface area (Å²) in [6, 6.07) is 15.2. The van der Waals surface area contributed by atoms with Gasteiger partial charge in [-0.15, -0.1) is 0 Å². The third kappa shape index (κ3) is 4.70.